The number of fused-ring (bicyclic) bond motifs is 1. The van der Waals surface area contributed by atoms with E-state index in [1.165, 1.54) is 12.1 Å². The molecule has 33 heavy (non-hydrogen) atoms. The molecular formula is C24H25FN6O2. The summed E-state index contributed by atoms with van der Waals surface area (Å²) >= 11 is 0. The van der Waals surface area contributed by atoms with Crippen LogP contribution in [0.25, 0.3) is 11.0 Å². The van der Waals surface area contributed by atoms with Crippen molar-refractivity contribution in [2.45, 2.75) is 31.9 Å². The summed E-state index contributed by atoms with van der Waals surface area (Å²) in [4.78, 5) is 23.8. The highest BCUT2D eigenvalue weighted by Gasteiger charge is 2.32. The van der Waals surface area contributed by atoms with Crippen LogP contribution in [0.15, 0.2) is 48.5 Å². The number of para-hydroxylation sites is 2. The minimum absolute atomic E-state index is 0.0213. The molecule has 170 valence electrons. The van der Waals surface area contributed by atoms with Crippen LogP contribution in [-0.4, -0.2) is 48.7 Å². The molecule has 1 unspecified atom stereocenters. The van der Waals surface area contributed by atoms with E-state index in [-0.39, 0.29) is 31.0 Å². The maximum atomic E-state index is 13.1. The second-order valence-corrected chi connectivity index (χ2v) is 8.26. The maximum absolute atomic E-state index is 13.1. The molecule has 0 spiro atoms. The molecule has 5 rings (SSSR count). The van der Waals surface area contributed by atoms with Crippen molar-refractivity contribution in [1.29, 1.82) is 0 Å². The Morgan fingerprint density at radius 2 is 2.00 bits per heavy atom. The number of ether oxygens (including phenoxy) is 1. The average molecular weight is 449 g/mol. The zero-order chi connectivity index (χ0) is 22.8. The van der Waals surface area contributed by atoms with E-state index in [9.17, 15) is 9.18 Å². The van der Waals surface area contributed by atoms with Gasteiger partial charge in [-0.25, -0.2) is 14.4 Å². The van der Waals surface area contributed by atoms with E-state index < -0.39 is 0 Å². The van der Waals surface area contributed by atoms with Crippen molar-refractivity contribution in [3.63, 3.8) is 0 Å². The van der Waals surface area contributed by atoms with Gasteiger partial charge in [-0.2, -0.15) is 5.10 Å². The number of rotatable bonds is 7. The van der Waals surface area contributed by atoms with Gasteiger partial charge in [-0.05, 0) is 42.7 Å². The number of carbonyl (C=O) groups is 1. The summed E-state index contributed by atoms with van der Waals surface area (Å²) in [6.07, 6.45) is 2.22. The van der Waals surface area contributed by atoms with E-state index in [1.54, 1.807) is 17.0 Å². The molecule has 4 aromatic rings. The lowest BCUT2D eigenvalue weighted by atomic mass is 10.1. The smallest absolute Gasteiger partial charge is 0.249 e. The highest BCUT2D eigenvalue weighted by Crippen LogP contribution is 2.30. The van der Waals surface area contributed by atoms with Crippen molar-refractivity contribution in [1.82, 2.24) is 29.6 Å². The number of amides is 1. The minimum atomic E-state index is -0.268. The van der Waals surface area contributed by atoms with E-state index in [4.69, 9.17) is 4.74 Å². The molecule has 8 nitrogen and oxygen atoms in total. The topological polar surface area (TPSA) is 88.9 Å². The van der Waals surface area contributed by atoms with E-state index in [0.717, 1.165) is 35.3 Å². The lowest BCUT2D eigenvalue weighted by Gasteiger charge is -2.22. The summed E-state index contributed by atoms with van der Waals surface area (Å²) in [5.74, 6) is 1.72. The number of nitrogens with zero attached hydrogens (tertiary/aromatic N) is 5. The first-order valence-corrected chi connectivity index (χ1v) is 11.0. The van der Waals surface area contributed by atoms with Gasteiger partial charge in [0.2, 0.25) is 5.91 Å². The Balaban J connectivity index is 1.19. The number of H-pyrrole nitrogens is 1. The largest absolute Gasteiger partial charge is 0.364 e. The first-order valence-electron chi connectivity index (χ1n) is 11.0. The van der Waals surface area contributed by atoms with E-state index in [2.05, 4.69) is 20.2 Å². The molecule has 1 amide bonds. The van der Waals surface area contributed by atoms with Crippen LogP contribution >= 0.6 is 0 Å². The van der Waals surface area contributed by atoms with E-state index in [1.807, 2.05) is 35.9 Å². The Hall–Kier alpha value is -3.59. The summed E-state index contributed by atoms with van der Waals surface area (Å²) in [5, 5.41) is 7.30. The number of benzene rings is 2. The second kappa shape index (κ2) is 9.11. The predicted molar refractivity (Wildman–Crippen MR) is 120 cm³/mol. The number of aromatic amines is 1. The third-order valence-electron chi connectivity index (χ3n) is 6.04. The number of imidazole rings is 1. The SMILES string of the molecule is Cn1c(COCC(=O)N2CCCC2c2n[nH]c(Cc3ccc(F)cc3)n2)nc2ccccc21. The Bertz CT molecular complexity index is 1270. The maximum Gasteiger partial charge on any atom is 0.249 e. The minimum Gasteiger partial charge on any atom is -0.364 e. The molecule has 0 bridgehead atoms. The zero-order valence-electron chi connectivity index (χ0n) is 18.4. The number of hydrogen-bond acceptors (Lipinski definition) is 5. The van der Waals surface area contributed by atoms with Gasteiger partial charge >= 0.3 is 0 Å². The number of nitrogens with one attached hydrogen (secondary N) is 1. The summed E-state index contributed by atoms with van der Waals surface area (Å²) in [7, 11) is 1.94. The van der Waals surface area contributed by atoms with Crippen LogP contribution in [0.1, 0.15) is 41.9 Å². The average Bonchev–Trinajstić information content (AvgIpc) is 3.55. The number of aromatic nitrogens is 5. The van der Waals surface area contributed by atoms with Crippen LogP contribution in [0.4, 0.5) is 4.39 Å². The molecule has 2 aromatic heterocycles. The molecule has 9 heteroatoms. The van der Waals surface area contributed by atoms with Gasteiger partial charge in [-0.1, -0.05) is 24.3 Å². The van der Waals surface area contributed by atoms with Crippen molar-refractivity contribution in [2.75, 3.05) is 13.2 Å². The molecule has 1 aliphatic heterocycles. The molecule has 0 radical (unpaired) electrons. The Labute approximate surface area is 190 Å². The quantitative estimate of drug-likeness (QED) is 0.469. The van der Waals surface area contributed by atoms with Crippen molar-refractivity contribution in [2.24, 2.45) is 7.05 Å². The van der Waals surface area contributed by atoms with Crippen molar-refractivity contribution >= 4 is 16.9 Å². The fraction of sp³-hybridized carbons (Fsp3) is 0.333. The highest BCUT2D eigenvalue weighted by molar-refractivity contribution is 5.78. The molecule has 0 aliphatic carbocycles. The normalized spacial score (nSPS) is 16.1. The molecular weight excluding hydrogens is 423 g/mol. The molecule has 2 aromatic carbocycles. The first kappa shape index (κ1) is 21.3. The van der Waals surface area contributed by atoms with E-state index in [0.29, 0.717) is 24.6 Å². The van der Waals surface area contributed by atoms with Crippen LogP contribution in [0, 0.1) is 5.82 Å². The van der Waals surface area contributed by atoms with Gasteiger partial charge in [0.1, 0.15) is 30.7 Å². The van der Waals surface area contributed by atoms with Crippen molar-refractivity contribution in [3.8, 4) is 0 Å². The summed E-state index contributed by atoms with van der Waals surface area (Å²) in [6, 6.07) is 14.0. The molecule has 1 N–H and O–H groups in total. The number of hydrogen-bond donors (Lipinski definition) is 1. The molecule has 1 atom stereocenters. The zero-order valence-corrected chi connectivity index (χ0v) is 18.4. The lowest BCUT2D eigenvalue weighted by molar-refractivity contribution is -0.137. The molecule has 1 fully saturated rings. The first-order chi connectivity index (χ1) is 16.1. The summed E-state index contributed by atoms with van der Waals surface area (Å²) < 4.78 is 20.8. The number of aryl methyl sites for hydroxylation is 1. The van der Waals surface area contributed by atoms with E-state index >= 15 is 0 Å². The third-order valence-corrected chi connectivity index (χ3v) is 6.04. The Morgan fingerprint density at radius 3 is 2.82 bits per heavy atom. The standard InChI is InChI=1S/C24H25FN6O2/c1-30-19-6-3-2-5-18(19)26-22(30)14-33-15-23(32)31-12-4-7-20(31)24-27-21(28-29-24)13-16-8-10-17(25)11-9-16/h2-3,5-6,8-11,20H,4,7,12-15H2,1H3,(H,27,28,29). The van der Waals surface area contributed by atoms with Gasteiger partial charge in [0.25, 0.3) is 0 Å². The highest BCUT2D eigenvalue weighted by atomic mass is 19.1. The lowest BCUT2D eigenvalue weighted by Crippen LogP contribution is -2.34. The Morgan fingerprint density at radius 1 is 1.18 bits per heavy atom. The third kappa shape index (κ3) is 4.49. The van der Waals surface area contributed by atoms with Gasteiger partial charge in [0.15, 0.2) is 5.82 Å². The second-order valence-electron chi connectivity index (χ2n) is 8.26. The summed E-state index contributed by atoms with van der Waals surface area (Å²) in [6.45, 7) is 0.894. The fourth-order valence-electron chi connectivity index (χ4n) is 4.30. The molecule has 1 saturated heterocycles. The van der Waals surface area contributed by atoms with Crippen molar-refractivity contribution in [3.05, 3.63) is 77.4 Å². The molecule has 3 heterocycles. The van der Waals surface area contributed by atoms with Crippen LogP contribution in [0.3, 0.4) is 0 Å². The van der Waals surface area contributed by atoms with Gasteiger partial charge in [-0.15, -0.1) is 0 Å². The van der Waals surface area contributed by atoms with Crippen LogP contribution in [0.2, 0.25) is 0 Å². The summed E-state index contributed by atoms with van der Waals surface area (Å²) in [5.41, 5.74) is 2.88. The van der Waals surface area contributed by atoms with Gasteiger partial charge in [0, 0.05) is 20.0 Å². The molecule has 1 aliphatic rings. The number of halogens is 1. The van der Waals surface area contributed by atoms with Gasteiger partial charge in [0.05, 0.1) is 17.1 Å². The predicted octanol–water partition coefficient (Wildman–Crippen LogP) is 3.30. The van der Waals surface area contributed by atoms with Crippen LogP contribution in [-0.2, 0) is 29.6 Å². The molecule has 0 saturated carbocycles. The van der Waals surface area contributed by atoms with Crippen molar-refractivity contribution < 1.29 is 13.9 Å². The van der Waals surface area contributed by atoms with Gasteiger partial charge in [-0.3, -0.25) is 9.89 Å². The number of likely N-dealkylation sites (tertiary alicyclic amines) is 1. The monoisotopic (exact) mass is 448 g/mol. The van der Waals surface area contributed by atoms with Crippen LogP contribution < -0.4 is 0 Å². The van der Waals surface area contributed by atoms with Crippen LogP contribution in [0.5, 0.6) is 0 Å². The Kier molecular flexibility index (Phi) is 5.87. The van der Waals surface area contributed by atoms with Gasteiger partial charge < -0.3 is 14.2 Å². The fourth-order valence-corrected chi connectivity index (χ4v) is 4.30. The number of carbonyl (C=O) groups excluding carboxylic acids is 1.